The molecular weight excluding hydrogens is 236 g/mol. The lowest BCUT2D eigenvalue weighted by Gasteiger charge is -2.40. The summed E-state index contributed by atoms with van der Waals surface area (Å²) >= 11 is 0. The van der Waals surface area contributed by atoms with E-state index in [-0.39, 0.29) is 0 Å². The van der Waals surface area contributed by atoms with Crippen molar-refractivity contribution in [2.24, 2.45) is 5.92 Å². The van der Waals surface area contributed by atoms with Crippen LogP contribution in [0.3, 0.4) is 0 Å². The minimum atomic E-state index is 0.565. The molecule has 2 rings (SSSR count). The van der Waals surface area contributed by atoms with E-state index in [9.17, 15) is 0 Å². The van der Waals surface area contributed by atoms with Gasteiger partial charge in [0, 0.05) is 37.9 Å². The topological polar surface area (TPSA) is 41.1 Å². The van der Waals surface area contributed by atoms with Gasteiger partial charge in [-0.3, -0.25) is 4.90 Å². The second kappa shape index (κ2) is 6.44. The first-order chi connectivity index (χ1) is 9.10. The summed E-state index contributed by atoms with van der Waals surface area (Å²) < 4.78 is 0. The number of aromatic nitrogens is 2. The predicted octanol–water partition coefficient (Wildman–Crippen LogP) is 1.99. The third kappa shape index (κ3) is 3.74. The van der Waals surface area contributed by atoms with Crippen LogP contribution in [0.5, 0.6) is 0 Å². The number of rotatable bonds is 4. The lowest BCUT2D eigenvalue weighted by Crippen LogP contribution is -2.57. The molecule has 0 amide bonds. The highest BCUT2D eigenvalue weighted by Crippen LogP contribution is 2.17. The highest BCUT2D eigenvalue weighted by molar-refractivity contribution is 5.02. The lowest BCUT2D eigenvalue weighted by molar-refractivity contribution is 0.110. The first-order valence-electron chi connectivity index (χ1n) is 7.36. The molecule has 19 heavy (non-hydrogen) atoms. The molecule has 0 bridgehead atoms. The lowest BCUT2D eigenvalue weighted by atomic mass is 9.95. The molecule has 0 spiro atoms. The van der Waals surface area contributed by atoms with Crippen LogP contribution in [0.4, 0.5) is 0 Å². The Hall–Kier alpha value is -1.00. The van der Waals surface area contributed by atoms with E-state index < -0.39 is 0 Å². The zero-order chi connectivity index (χ0) is 13.8. The smallest absolute Gasteiger partial charge is 0.125 e. The first-order valence-corrected chi connectivity index (χ1v) is 7.36. The summed E-state index contributed by atoms with van der Waals surface area (Å²) in [6.45, 7) is 11.9. The van der Waals surface area contributed by atoms with Gasteiger partial charge in [-0.1, -0.05) is 20.3 Å². The molecule has 1 aliphatic rings. The largest absolute Gasteiger partial charge is 0.311 e. The number of piperazine rings is 1. The third-order valence-corrected chi connectivity index (χ3v) is 4.26. The summed E-state index contributed by atoms with van der Waals surface area (Å²) in [6.07, 6.45) is 3.09. The van der Waals surface area contributed by atoms with Crippen molar-refractivity contribution in [3.63, 3.8) is 0 Å². The first kappa shape index (κ1) is 14.4. The van der Waals surface area contributed by atoms with Crippen molar-refractivity contribution in [3.05, 3.63) is 23.8 Å². The number of hydrogen-bond acceptors (Lipinski definition) is 4. The Bertz CT molecular complexity index is 407. The Labute approximate surface area is 116 Å². The van der Waals surface area contributed by atoms with Crippen LogP contribution < -0.4 is 5.32 Å². The summed E-state index contributed by atoms with van der Waals surface area (Å²) in [5.74, 6) is 1.58. The van der Waals surface area contributed by atoms with Gasteiger partial charge in [0.05, 0.1) is 5.69 Å². The van der Waals surface area contributed by atoms with Crippen molar-refractivity contribution in [2.75, 3.05) is 13.1 Å². The van der Waals surface area contributed by atoms with Crippen molar-refractivity contribution in [2.45, 2.75) is 52.7 Å². The van der Waals surface area contributed by atoms with E-state index in [0.29, 0.717) is 12.1 Å². The fourth-order valence-electron chi connectivity index (χ4n) is 2.64. The molecule has 1 fully saturated rings. The number of nitrogens with one attached hydrogen (secondary N) is 1. The van der Waals surface area contributed by atoms with Crippen LogP contribution in [0.25, 0.3) is 0 Å². The number of nitrogens with zero attached hydrogens (tertiary/aromatic N) is 3. The molecule has 3 unspecified atom stereocenters. The van der Waals surface area contributed by atoms with Gasteiger partial charge in [0.1, 0.15) is 5.82 Å². The average Bonchev–Trinajstić information content (AvgIpc) is 2.40. The van der Waals surface area contributed by atoms with E-state index in [0.717, 1.165) is 37.1 Å². The molecule has 4 nitrogen and oxygen atoms in total. The van der Waals surface area contributed by atoms with Crippen LogP contribution in [0.1, 0.15) is 38.7 Å². The predicted molar refractivity (Wildman–Crippen MR) is 77.9 cm³/mol. The van der Waals surface area contributed by atoms with Gasteiger partial charge in [-0.15, -0.1) is 0 Å². The SMILES string of the molecule is CCC(C)C1CN(Cc2ccnc(C)n2)C(C)CN1. The molecule has 1 aromatic rings. The molecule has 0 saturated carbocycles. The summed E-state index contributed by atoms with van der Waals surface area (Å²) in [6, 6.07) is 3.19. The molecule has 1 aromatic heterocycles. The van der Waals surface area contributed by atoms with Crippen LogP contribution in [0.15, 0.2) is 12.3 Å². The van der Waals surface area contributed by atoms with Crippen LogP contribution in [-0.2, 0) is 6.54 Å². The summed E-state index contributed by atoms with van der Waals surface area (Å²) in [7, 11) is 0. The maximum atomic E-state index is 4.52. The Morgan fingerprint density at radius 2 is 2.32 bits per heavy atom. The zero-order valence-corrected chi connectivity index (χ0v) is 12.6. The van der Waals surface area contributed by atoms with E-state index in [1.165, 1.54) is 6.42 Å². The van der Waals surface area contributed by atoms with Gasteiger partial charge < -0.3 is 5.32 Å². The molecular formula is C15H26N4. The van der Waals surface area contributed by atoms with Gasteiger partial charge in [-0.2, -0.15) is 0 Å². The molecule has 3 atom stereocenters. The highest BCUT2D eigenvalue weighted by atomic mass is 15.2. The van der Waals surface area contributed by atoms with Gasteiger partial charge in [0.2, 0.25) is 0 Å². The van der Waals surface area contributed by atoms with Crippen molar-refractivity contribution >= 4 is 0 Å². The average molecular weight is 262 g/mol. The van der Waals surface area contributed by atoms with Crippen LogP contribution in [-0.4, -0.2) is 40.0 Å². The Kier molecular flexibility index (Phi) is 4.88. The highest BCUT2D eigenvalue weighted by Gasteiger charge is 2.27. The molecule has 4 heteroatoms. The van der Waals surface area contributed by atoms with E-state index >= 15 is 0 Å². The minimum Gasteiger partial charge on any atom is -0.311 e. The number of aryl methyl sites for hydroxylation is 1. The maximum absolute atomic E-state index is 4.52. The molecule has 1 aliphatic heterocycles. The van der Waals surface area contributed by atoms with Crippen molar-refractivity contribution in [1.82, 2.24) is 20.2 Å². The monoisotopic (exact) mass is 262 g/mol. The second-order valence-corrected chi connectivity index (χ2v) is 5.77. The van der Waals surface area contributed by atoms with E-state index in [2.05, 4.69) is 41.0 Å². The van der Waals surface area contributed by atoms with Gasteiger partial charge in [0.25, 0.3) is 0 Å². The van der Waals surface area contributed by atoms with Crippen LogP contribution >= 0.6 is 0 Å². The van der Waals surface area contributed by atoms with Crippen molar-refractivity contribution in [1.29, 1.82) is 0 Å². The van der Waals surface area contributed by atoms with Gasteiger partial charge >= 0.3 is 0 Å². The van der Waals surface area contributed by atoms with Gasteiger partial charge in [-0.25, -0.2) is 9.97 Å². The molecule has 1 N–H and O–H groups in total. The van der Waals surface area contributed by atoms with E-state index in [1.807, 2.05) is 19.2 Å². The maximum Gasteiger partial charge on any atom is 0.125 e. The summed E-state index contributed by atoms with van der Waals surface area (Å²) in [5, 5.41) is 3.67. The third-order valence-electron chi connectivity index (χ3n) is 4.26. The Morgan fingerprint density at radius 3 is 3.00 bits per heavy atom. The zero-order valence-electron chi connectivity index (χ0n) is 12.6. The number of hydrogen-bond donors (Lipinski definition) is 1. The summed E-state index contributed by atoms with van der Waals surface area (Å²) in [4.78, 5) is 11.2. The standard InChI is InChI=1S/C15H26N4/c1-5-11(2)15-10-19(12(3)8-17-15)9-14-6-7-16-13(4)18-14/h6-7,11-12,15,17H,5,8-10H2,1-4H3. The van der Waals surface area contributed by atoms with Crippen LogP contribution in [0, 0.1) is 12.8 Å². The van der Waals surface area contributed by atoms with E-state index in [1.54, 1.807) is 0 Å². The Morgan fingerprint density at radius 1 is 1.53 bits per heavy atom. The molecule has 0 radical (unpaired) electrons. The van der Waals surface area contributed by atoms with E-state index in [4.69, 9.17) is 0 Å². The van der Waals surface area contributed by atoms with Gasteiger partial charge in [0.15, 0.2) is 0 Å². The molecule has 0 aromatic carbocycles. The molecule has 106 valence electrons. The van der Waals surface area contributed by atoms with Gasteiger partial charge in [-0.05, 0) is 25.8 Å². The fourth-order valence-corrected chi connectivity index (χ4v) is 2.64. The van der Waals surface area contributed by atoms with Crippen molar-refractivity contribution < 1.29 is 0 Å². The van der Waals surface area contributed by atoms with Crippen molar-refractivity contribution in [3.8, 4) is 0 Å². The van der Waals surface area contributed by atoms with Crippen LogP contribution in [0.2, 0.25) is 0 Å². The quantitative estimate of drug-likeness (QED) is 0.901. The molecule has 2 heterocycles. The molecule has 0 aliphatic carbocycles. The second-order valence-electron chi connectivity index (χ2n) is 5.77. The molecule has 1 saturated heterocycles. The normalized spacial score (nSPS) is 26.3. The minimum absolute atomic E-state index is 0.565. The fraction of sp³-hybridized carbons (Fsp3) is 0.733. The summed E-state index contributed by atoms with van der Waals surface area (Å²) in [5.41, 5.74) is 1.13. The Balaban J connectivity index is 2.01.